The van der Waals surface area contributed by atoms with E-state index in [1.807, 2.05) is 4.90 Å². The second-order valence-corrected chi connectivity index (χ2v) is 6.35. The van der Waals surface area contributed by atoms with E-state index in [1.54, 1.807) is 12.1 Å². The van der Waals surface area contributed by atoms with E-state index < -0.39 is 0 Å². The molecule has 24 heavy (non-hydrogen) atoms. The summed E-state index contributed by atoms with van der Waals surface area (Å²) >= 11 is 0. The molecular formula is C17H19FN4O2. The van der Waals surface area contributed by atoms with E-state index in [9.17, 15) is 9.18 Å². The number of halogens is 1. The Labute approximate surface area is 139 Å². The van der Waals surface area contributed by atoms with Gasteiger partial charge in [0.15, 0.2) is 5.69 Å². The second kappa shape index (κ2) is 6.32. The van der Waals surface area contributed by atoms with E-state index in [4.69, 9.17) is 4.74 Å². The highest BCUT2D eigenvalue weighted by Gasteiger charge is 2.34. The molecule has 126 valence electrons. The van der Waals surface area contributed by atoms with E-state index in [1.165, 1.54) is 23.1 Å². The van der Waals surface area contributed by atoms with Gasteiger partial charge in [-0.2, -0.15) is 9.90 Å². The summed E-state index contributed by atoms with van der Waals surface area (Å²) in [5.41, 5.74) is 0.935. The smallest absolute Gasteiger partial charge is 0.276 e. The largest absolute Gasteiger partial charge is 0.378 e. The van der Waals surface area contributed by atoms with Gasteiger partial charge >= 0.3 is 0 Å². The van der Waals surface area contributed by atoms with Crippen molar-refractivity contribution in [2.75, 3.05) is 19.7 Å². The molecule has 0 bridgehead atoms. The molecule has 0 radical (unpaired) electrons. The molecule has 0 N–H and O–H groups in total. The van der Waals surface area contributed by atoms with E-state index in [0.717, 1.165) is 25.9 Å². The molecule has 0 aliphatic carbocycles. The number of hydrogen-bond donors (Lipinski definition) is 0. The molecule has 2 aromatic rings. The standard InChI is InChI=1S/C17H19FN4O2/c18-13-3-5-14(6-4-13)22-19-10-15(20-22)17(23)21-8-7-16-12(11-21)2-1-9-24-16/h3-6,10,12,16H,1-2,7-9,11H2. The van der Waals surface area contributed by atoms with Gasteiger partial charge in [-0.05, 0) is 43.5 Å². The van der Waals surface area contributed by atoms with Crippen LogP contribution in [0.1, 0.15) is 29.8 Å². The summed E-state index contributed by atoms with van der Waals surface area (Å²) < 4.78 is 18.8. The maximum Gasteiger partial charge on any atom is 0.276 e. The Morgan fingerprint density at radius 3 is 2.92 bits per heavy atom. The first-order chi connectivity index (χ1) is 11.7. The number of nitrogens with zero attached hydrogens (tertiary/aromatic N) is 4. The number of aromatic nitrogens is 3. The Morgan fingerprint density at radius 1 is 1.25 bits per heavy atom. The van der Waals surface area contributed by atoms with Crippen LogP contribution in [0.5, 0.6) is 0 Å². The number of piperidine rings is 1. The lowest BCUT2D eigenvalue weighted by Crippen LogP contribution is -2.48. The van der Waals surface area contributed by atoms with E-state index in [-0.39, 0.29) is 17.8 Å². The molecule has 1 amide bonds. The Morgan fingerprint density at radius 2 is 2.08 bits per heavy atom. The van der Waals surface area contributed by atoms with Crippen molar-refractivity contribution in [2.24, 2.45) is 5.92 Å². The van der Waals surface area contributed by atoms with Crippen molar-refractivity contribution in [3.05, 3.63) is 42.0 Å². The lowest BCUT2D eigenvalue weighted by Gasteiger charge is -2.40. The molecule has 2 unspecified atom stereocenters. The lowest BCUT2D eigenvalue weighted by molar-refractivity contribution is -0.0607. The van der Waals surface area contributed by atoms with E-state index >= 15 is 0 Å². The van der Waals surface area contributed by atoms with Gasteiger partial charge in [-0.1, -0.05) is 0 Å². The van der Waals surface area contributed by atoms with Crippen molar-refractivity contribution in [3.63, 3.8) is 0 Å². The van der Waals surface area contributed by atoms with Crippen LogP contribution in [0.25, 0.3) is 5.69 Å². The minimum absolute atomic E-state index is 0.104. The number of likely N-dealkylation sites (tertiary alicyclic amines) is 1. The number of fused-ring (bicyclic) bond motifs is 1. The number of ether oxygens (including phenoxy) is 1. The third-order valence-electron chi connectivity index (χ3n) is 4.77. The highest BCUT2D eigenvalue weighted by atomic mass is 19.1. The summed E-state index contributed by atoms with van der Waals surface area (Å²) in [6, 6.07) is 5.84. The maximum atomic E-state index is 13.0. The Balaban J connectivity index is 1.48. The van der Waals surface area contributed by atoms with Gasteiger partial charge in [0.2, 0.25) is 0 Å². The minimum Gasteiger partial charge on any atom is -0.378 e. The third kappa shape index (κ3) is 2.91. The highest BCUT2D eigenvalue weighted by molar-refractivity contribution is 5.92. The molecule has 0 spiro atoms. The van der Waals surface area contributed by atoms with Crippen LogP contribution >= 0.6 is 0 Å². The molecule has 4 rings (SSSR count). The molecule has 2 aliphatic heterocycles. The van der Waals surface area contributed by atoms with Crippen molar-refractivity contribution in [2.45, 2.75) is 25.4 Å². The molecule has 7 heteroatoms. The van der Waals surface area contributed by atoms with Crippen molar-refractivity contribution in [1.82, 2.24) is 19.9 Å². The summed E-state index contributed by atoms with van der Waals surface area (Å²) in [7, 11) is 0. The van der Waals surface area contributed by atoms with Gasteiger partial charge in [-0.15, -0.1) is 5.10 Å². The van der Waals surface area contributed by atoms with Gasteiger partial charge in [-0.25, -0.2) is 4.39 Å². The molecule has 0 saturated carbocycles. The predicted octanol–water partition coefficient (Wildman–Crippen LogP) is 2.05. The molecule has 6 nitrogen and oxygen atoms in total. The number of benzene rings is 1. The van der Waals surface area contributed by atoms with Crippen molar-refractivity contribution < 1.29 is 13.9 Å². The van der Waals surface area contributed by atoms with Crippen LogP contribution in [-0.2, 0) is 4.74 Å². The number of amides is 1. The normalized spacial score (nSPS) is 23.8. The Hall–Kier alpha value is -2.28. The average molecular weight is 330 g/mol. The lowest BCUT2D eigenvalue weighted by atomic mass is 9.88. The summed E-state index contributed by atoms with van der Waals surface area (Å²) in [5, 5.41) is 8.37. The van der Waals surface area contributed by atoms with E-state index in [2.05, 4.69) is 10.2 Å². The van der Waals surface area contributed by atoms with Gasteiger partial charge < -0.3 is 9.64 Å². The SMILES string of the molecule is O=C(c1cnn(-c2ccc(F)cc2)n1)N1CCC2OCCCC2C1. The predicted molar refractivity (Wildman–Crippen MR) is 84.3 cm³/mol. The molecule has 1 aromatic carbocycles. The van der Waals surface area contributed by atoms with Gasteiger partial charge in [0.05, 0.1) is 18.0 Å². The summed E-state index contributed by atoms with van der Waals surface area (Å²) in [6.07, 6.45) is 4.80. The first-order valence-electron chi connectivity index (χ1n) is 8.30. The minimum atomic E-state index is -0.320. The van der Waals surface area contributed by atoms with Crippen molar-refractivity contribution in [3.8, 4) is 5.69 Å². The Kier molecular flexibility index (Phi) is 4.02. The number of carbonyl (C=O) groups is 1. The van der Waals surface area contributed by atoms with Gasteiger partial charge in [0.1, 0.15) is 5.82 Å². The first-order valence-corrected chi connectivity index (χ1v) is 8.30. The van der Waals surface area contributed by atoms with Crippen LogP contribution in [0.3, 0.4) is 0 Å². The summed E-state index contributed by atoms with van der Waals surface area (Å²) in [6.45, 7) is 2.23. The van der Waals surface area contributed by atoms with Crippen LogP contribution in [0.2, 0.25) is 0 Å². The second-order valence-electron chi connectivity index (χ2n) is 6.35. The van der Waals surface area contributed by atoms with Crippen LogP contribution in [-0.4, -0.2) is 51.6 Å². The molecule has 1 aromatic heterocycles. The van der Waals surface area contributed by atoms with Crippen molar-refractivity contribution >= 4 is 5.91 Å². The molecular weight excluding hydrogens is 311 g/mol. The van der Waals surface area contributed by atoms with Gasteiger partial charge in [-0.3, -0.25) is 4.79 Å². The van der Waals surface area contributed by atoms with E-state index in [0.29, 0.717) is 30.4 Å². The number of carbonyl (C=O) groups excluding carboxylic acids is 1. The highest BCUT2D eigenvalue weighted by Crippen LogP contribution is 2.28. The van der Waals surface area contributed by atoms with Crippen molar-refractivity contribution in [1.29, 1.82) is 0 Å². The maximum absolute atomic E-state index is 13.0. The number of rotatable bonds is 2. The zero-order chi connectivity index (χ0) is 16.5. The number of hydrogen-bond acceptors (Lipinski definition) is 4. The topological polar surface area (TPSA) is 60.2 Å². The van der Waals surface area contributed by atoms with Crippen LogP contribution < -0.4 is 0 Å². The Bertz CT molecular complexity index is 730. The molecule has 3 heterocycles. The average Bonchev–Trinajstić information content (AvgIpc) is 3.11. The fourth-order valence-electron chi connectivity index (χ4n) is 3.49. The fourth-order valence-corrected chi connectivity index (χ4v) is 3.49. The van der Waals surface area contributed by atoms with Gasteiger partial charge in [0, 0.05) is 25.6 Å². The first kappa shape index (κ1) is 15.3. The zero-order valence-corrected chi connectivity index (χ0v) is 13.3. The van der Waals surface area contributed by atoms with Crippen LogP contribution in [0.15, 0.2) is 30.5 Å². The molecule has 2 saturated heterocycles. The fraction of sp³-hybridized carbons (Fsp3) is 0.471. The monoisotopic (exact) mass is 330 g/mol. The summed E-state index contributed by atoms with van der Waals surface area (Å²) in [4.78, 5) is 15.9. The quantitative estimate of drug-likeness (QED) is 0.845. The molecule has 2 aliphatic rings. The zero-order valence-electron chi connectivity index (χ0n) is 13.3. The van der Waals surface area contributed by atoms with Crippen LogP contribution in [0, 0.1) is 11.7 Å². The third-order valence-corrected chi connectivity index (χ3v) is 4.77. The molecule has 2 atom stereocenters. The van der Waals surface area contributed by atoms with Gasteiger partial charge in [0.25, 0.3) is 5.91 Å². The van der Waals surface area contributed by atoms with Crippen LogP contribution in [0.4, 0.5) is 4.39 Å². The summed E-state index contributed by atoms with van der Waals surface area (Å²) in [5.74, 6) is -0.00393. The molecule has 2 fully saturated rings.